The summed E-state index contributed by atoms with van der Waals surface area (Å²) < 4.78 is 26.0. The van der Waals surface area contributed by atoms with Gasteiger partial charge >= 0.3 is 0 Å². The molecule has 6 heteroatoms. The van der Waals surface area contributed by atoms with Gasteiger partial charge in [-0.15, -0.1) is 0 Å². The summed E-state index contributed by atoms with van der Waals surface area (Å²) in [6, 6.07) is 2.68. The maximum atomic E-state index is 13.1. The van der Waals surface area contributed by atoms with Crippen LogP contribution in [0.5, 0.6) is 0 Å². The summed E-state index contributed by atoms with van der Waals surface area (Å²) in [6.07, 6.45) is -0.108. The first kappa shape index (κ1) is 18.1. The molecule has 0 heterocycles. The van der Waals surface area contributed by atoms with E-state index in [9.17, 15) is 18.4 Å². The van der Waals surface area contributed by atoms with E-state index in [4.69, 9.17) is 0 Å². The summed E-state index contributed by atoms with van der Waals surface area (Å²) in [5.41, 5.74) is 0.357. The second-order valence-corrected chi connectivity index (χ2v) is 5.57. The Balaban J connectivity index is 2.75. The van der Waals surface area contributed by atoms with E-state index in [1.165, 1.54) is 11.0 Å². The molecular formula is C16H22F2N2O2. The highest BCUT2D eigenvalue weighted by molar-refractivity contribution is 5.88. The number of halogens is 2. The highest BCUT2D eigenvalue weighted by Gasteiger charge is 2.26. The van der Waals surface area contributed by atoms with Gasteiger partial charge in [0, 0.05) is 13.6 Å². The van der Waals surface area contributed by atoms with Crippen LogP contribution in [0, 0.1) is 17.6 Å². The van der Waals surface area contributed by atoms with Crippen LogP contribution in [-0.4, -0.2) is 36.3 Å². The van der Waals surface area contributed by atoms with Gasteiger partial charge in [0.05, 0.1) is 6.42 Å². The third-order valence-electron chi connectivity index (χ3n) is 3.45. The zero-order chi connectivity index (χ0) is 16.9. The number of nitrogens with one attached hydrogen (secondary N) is 1. The standard InChI is InChI=1S/C16H22F2N2O2/c1-5-20(4)16(22)15(10(2)3)19-14(21)9-11-6-7-12(17)13(18)8-11/h6-8,10,15H,5,9H2,1-4H3,(H,19,21)/t15-/m0/s1. The average Bonchev–Trinajstić information content (AvgIpc) is 2.46. The Bertz CT molecular complexity index is 547. The minimum atomic E-state index is -0.993. The lowest BCUT2D eigenvalue weighted by Gasteiger charge is -2.26. The van der Waals surface area contributed by atoms with Crippen molar-refractivity contribution in [3.8, 4) is 0 Å². The molecule has 2 amide bonds. The summed E-state index contributed by atoms with van der Waals surface area (Å²) in [5, 5.41) is 2.67. The van der Waals surface area contributed by atoms with E-state index in [0.29, 0.717) is 12.1 Å². The molecular weight excluding hydrogens is 290 g/mol. The molecule has 0 unspecified atom stereocenters. The Morgan fingerprint density at radius 2 is 1.86 bits per heavy atom. The molecule has 1 aromatic carbocycles. The topological polar surface area (TPSA) is 49.4 Å². The summed E-state index contributed by atoms with van der Waals surface area (Å²) in [4.78, 5) is 25.8. The first-order chi connectivity index (χ1) is 10.3. The van der Waals surface area contributed by atoms with Crippen molar-refractivity contribution in [2.45, 2.75) is 33.2 Å². The predicted octanol–water partition coefficient (Wildman–Crippen LogP) is 2.13. The quantitative estimate of drug-likeness (QED) is 0.875. The Kier molecular flexibility index (Phi) is 6.46. The number of benzene rings is 1. The lowest BCUT2D eigenvalue weighted by atomic mass is 10.0. The molecule has 1 rings (SSSR count). The fraction of sp³-hybridized carbons (Fsp3) is 0.500. The Hall–Kier alpha value is -1.98. The van der Waals surface area contributed by atoms with Crippen LogP contribution in [0.4, 0.5) is 8.78 Å². The van der Waals surface area contributed by atoms with Crippen LogP contribution in [-0.2, 0) is 16.0 Å². The number of likely N-dealkylation sites (N-methyl/N-ethyl adjacent to an activating group) is 1. The molecule has 1 aromatic rings. The van der Waals surface area contributed by atoms with Gasteiger partial charge in [-0.05, 0) is 30.5 Å². The molecule has 0 saturated carbocycles. The number of rotatable bonds is 6. The van der Waals surface area contributed by atoms with E-state index < -0.39 is 23.6 Å². The Morgan fingerprint density at radius 3 is 2.36 bits per heavy atom. The smallest absolute Gasteiger partial charge is 0.245 e. The van der Waals surface area contributed by atoms with Crippen molar-refractivity contribution in [3.63, 3.8) is 0 Å². The van der Waals surface area contributed by atoms with Crippen molar-refractivity contribution < 1.29 is 18.4 Å². The molecule has 0 bridgehead atoms. The summed E-state index contributed by atoms with van der Waals surface area (Å²) in [5.74, 6) is -2.59. The molecule has 22 heavy (non-hydrogen) atoms. The third kappa shape index (κ3) is 4.79. The van der Waals surface area contributed by atoms with E-state index in [0.717, 1.165) is 12.1 Å². The minimum absolute atomic E-state index is 0.0737. The molecule has 0 aliphatic rings. The number of carbonyl (C=O) groups is 2. The van der Waals surface area contributed by atoms with E-state index in [1.807, 2.05) is 20.8 Å². The minimum Gasteiger partial charge on any atom is -0.344 e. The molecule has 4 nitrogen and oxygen atoms in total. The van der Waals surface area contributed by atoms with Gasteiger partial charge in [-0.25, -0.2) is 8.78 Å². The largest absolute Gasteiger partial charge is 0.344 e. The van der Waals surface area contributed by atoms with Crippen LogP contribution in [0.15, 0.2) is 18.2 Å². The zero-order valence-corrected chi connectivity index (χ0v) is 13.3. The van der Waals surface area contributed by atoms with Gasteiger partial charge in [0.25, 0.3) is 0 Å². The van der Waals surface area contributed by atoms with E-state index >= 15 is 0 Å². The number of nitrogens with zero attached hydrogens (tertiary/aromatic N) is 1. The SMILES string of the molecule is CCN(C)C(=O)[C@@H](NC(=O)Cc1ccc(F)c(F)c1)C(C)C. The van der Waals surface area contributed by atoms with Crippen molar-refractivity contribution in [3.05, 3.63) is 35.4 Å². The molecule has 122 valence electrons. The fourth-order valence-electron chi connectivity index (χ4n) is 1.97. The van der Waals surface area contributed by atoms with E-state index in [2.05, 4.69) is 5.32 Å². The van der Waals surface area contributed by atoms with Gasteiger partial charge in [0.15, 0.2) is 11.6 Å². The van der Waals surface area contributed by atoms with Gasteiger partial charge in [0.1, 0.15) is 6.04 Å². The molecule has 1 atom stereocenters. The highest BCUT2D eigenvalue weighted by Crippen LogP contribution is 2.10. The molecule has 0 aliphatic heterocycles. The molecule has 0 fully saturated rings. The number of amides is 2. The lowest BCUT2D eigenvalue weighted by Crippen LogP contribution is -2.50. The molecule has 0 saturated heterocycles. The van der Waals surface area contributed by atoms with Gasteiger partial charge < -0.3 is 10.2 Å². The number of hydrogen-bond acceptors (Lipinski definition) is 2. The molecule has 1 N–H and O–H groups in total. The summed E-state index contributed by atoms with van der Waals surface area (Å²) in [7, 11) is 1.67. The third-order valence-corrected chi connectivity index (χ3v) is 3.45. The van der Waals surface area contributed by atoms with Crippen LogP contribution in [0.1, 0.15) is 26.3 Å². The second-order valence-electron chi connectivity index (χ2n) is 5.57. The van der Waals surface area contributed by atoms with Crippen molar-refractivity contribution in [1.29, 1.82) is 0 Å². The molecule has 0 radical (unpaired) electrons. The van der Waals surface area contributed by atoms with Crippen LogP contribution in [0.3, 0.4) is 0 Å². The lowest BCUT2D eigenvalue weighted by molar-refractivity contribution is -0.136. The molecule has 0 aromatic heterocycles. The van der Waals surface area contributed by atoms with Gasteiger partial charge in [0.2, 0.25) is 11.8 Å². The second kappa shape index (κ2) is 7.87. The van der Waals surface area contributed by atoms with Crippen molar-refractivity contribution >= 4 is 11.8 Å². The highest BCUT2D eigenvalue weighted by atomic mass is 19.2. The van der Waals surface area contributed by atoms with Crippen LogP contribution in [0.25, 0.3) is 0 Å². The van der Waals surface area contributed by atoms with Crippen LogP contribution < -0.4 is 5.32 Å². The number of carbonyl (C=O) groups excluding carboxylic acids is 2. The average molecular weight is 312 g/mol. The predicted molar refractivity (Wildman–Crippen MR) is 80.1 cm³/mol. The van der Waals surface area contributed by atoms with E-state index in [-0.39, 0.29) is 18.2 Å². The molecule has 0 spiro atoms. The first-order valence-corrected chi connectivity index (χ1v) is 7.24. The van der Waals surface area contributed by atoms with Gasteiger partial charge in [-0.2, -0.15) is 0 Å². The normalized spacial score (nSPS) is 12.1. The number of hydrogen-bond donors (Lipinski definition) is 1. The first-order valence-electron chi connectivity index (χ1n) is 7.24. The van der Waals surface area contributed by atoms with Crippen LogP contribution in [0.2, 0.25) is 0 Å². The Morgan fingerprint density at radius 1 is 1.23 bits per heavy atom. The monoisotopic (exact) mass is 312 g/mol. The van der Waals surface area contributed by atoms with Crippen molar-refractivity contribution in [2.75, 3.05) is 13.6 Å². The van der Waals surface area contributed by atoms with Crippen molar-refractivity contribution in [2.24, 2.45) is 5.92 Å². The summed E-state index contributed by atoms with van der Waals surface area (Å²) in [6.45, 7) is 6.06. The molecule has 0 aliphatic carbocycles. The van der Waals surface area contributed by atoms with Crippen molar-refractivity contribution in [1.82, 2.24) is 10.2 Å². The maximum absolute atomic E-state index is 13.1. The fourth-order valence-corrected chi connectivity index (χ4v) is 1.97. The van der Waals surface area contributed by atoms with Gasteiger partial charge in [-0.1, -0.05) is 19.9 Å². The maximum Gasteiger partial charge on any atom is 0.245 e. The summed E-state index contributed by atoms with van der Waals surface area (Å²) >= 11 is 0. The zero-order valence-electron chi connectivity index (χ0n) is 13.3. The van der Waals surface area contributed by atoms with Gasteiger partial charge in [-0.3, -0.25) is 9.59 Å². The Labute approximate surface area is 129 Å². The van der Waals surface area contributed by atoms with E-state index in [1.54, 1.807) is 7.05 Å². The van der Waals surface area contributed by atoms with Crippen LogP contribution >= 0.6 is 0 Å².